The van der Waals surface area contributed by atoms with E-state index in [0.29, 0.717) is 12.3 Å². The van der Waals surface area contributed by atoms with Gasteiger partial charge < -0.3 is 15.0 Å². The topological polar surface area (TPSA) is 72.3 Å². The Balaban J connectivity index is 1.37. The molecule has 1 amide bonds. The quantitative estimate of drug-likeness (QED) is 0.714. The lowest BCUT2D eigenvalue weighted by molar-refractivity contribution is 0.0925. The summed E-state index contributed by atoms with van der Waals surface area (Å²) >= 11 is 1.69. The van der Waals surface area contributed by atoms with E-state index >= 15 is 0 Å². The van der Waals surface area contributed by atoms with E-state index in [1.165, 1.54) is 0 Å². The molecule has 28 heavy (non-hydrogen) atoms. The van der Waals surface area contributed by atoms with Gasteiger partial charge in [0.2, 0.25) is 0 Å². The van der Waals surface area contributed by atoms with Crippen LogP contribution in [0.5, 0.6) is 5.75 Å². The third-order valence-electron chi connectivity index (χ3n) is 5.11. The molecular formula is C20H25N5O2S. The second-order valence-electron chi connectivity index (χ2n) is 7.09. The van der Waals surface area contributed by atoms with Crippen molar-refractivity contribution in [1.82, 2.24) is 20.1 Å². The van der Waals surface area contributed by atoms with E-state index in [2.05, 4.69) is 21.4 Å². The Morgan fingerprint density at radius 2 is 2.11 bits per heavy atom. The number of fused-ring (bicyclic) bond motifs is 1. The highest BCUT2D eigenvalue weighted by Gasteiger charge is 2.24. The number of aromatic nitrogens is 3. The predicted molar refractivity (Wildman–Crippen MR) is 111 cm³/mol. The number of hydrogen-bond acceptors (Lipinski definition) is 6. The van der Waals surface area contributed by atoms with E-state index in [1.807, 2.05) is 39.1 Å². The molecule has 0 aliphatic carbocycles. The fourth-order valence-electron chi connectivity index (χ4n) is 3.43. The largest absolute Gasteiger partial charge is 0.494 e. The van der Waals surface area contributed by atoms with Gasteiger partial charge in [0.15, 0.2) is 5.13 Å². The summed E-state index contributed by atoms with van der Waals surface area (Å²) in [5.41, 5.74) is 2.46. The smallest absolute Gasteiger partial charge is 0.272 e. The van der Waals surface area contributed by atoms with Crippen LogP contribution < -0.4 is 15.0 Å². The number of nitrogens with zero attached hydrogens (tertiary/aromatic N) is 4. The van der Waals surface area contributed by atoms with Crippen LogP contribution in [0.15, 0.2) is 24.3 Å². The number of anilines is 1. The lowest BCUT2D eigenvalue weighted by Crippen LogP contribution is -2.44. The van der Waals surface area contributed by atoms with E-state index in [4.69, 9.17) is 9.72 Å². The van der Waals surface area contributed by atoms with Crippen LogP contribution in [0.3, 0.4) is 0 Å². The Morgan fingerprint density at radius 3 is 2.79 bits per heavy atom. The Morgan fingerprint density at radius 1 is 1.32 bits per heavy atom. The Hall–Kier alpha value is -2.61. The van der Waals surface area contributed by atoms with Gasteiger partial charge in [-0.1, -0.05) is 11.3 Å². The number of nitrogens with one attached hydrogen (secondary N) is 1. The van der Waals surface area contributed by atoms with E-state index in [-0.39, 0.29) is 11.9 Å². The van der Waals surface area contributed by atoms with Gasteiger partial charge in [-0.15, -0.1) is 0 Å². The molecule has 0 radical (unpaired) electrons. The molecular weight excluding hydrogens is 374 g/mol. The molecule has 0 spiro atoms. The summed E-state index contributed by atoms with van der Waals surface area (Å²) in [6, 6.07) is 8.03. The summed E-state index contributed by atoms with van der Waals surface area (Å²) in [7, 11) is 1.85. The molecule has 7 nitrogen and oxygen atoms in total. The minimum Gasteiger partial charge on any atom is -0.494 e. The molecule has 8 heteroatoms. The predicted octanol–water partition coefficient (Wildman–Crippen LogP) is 3.14. The van der Waals surface area contributed by atoms with E-state index in [9.17, 15) is 4.79 Å². The molecule has 1 aliphatic heterocycles. The van der Waals surface area contributed by atoms with Crippen molar-refractivity contribution in [3.05, 3.63) is 35.7 Å². The molecule has 0 bridgehead atoms. The molecule has 0 atom stereocenters. The number of rotatable bonds is 5. The van der Waals surface area contributed by atoms with Crippen molar-refractivity contribution >= 4 is 32.6 Å². The van der Waals surface area contributed by atoms with Crippen molar-refractivity contribution in [2.45, 2.75) is 32.7 Å². The van der Waals surface area contributed by atoms with Gasteiger partial charge in [-0.3, -0.25) is 9.48 Å². The van der Waals surface area contributed by atoms with Crippen LogP contribution in [0.2, 0.25) is 0 Å². The second-order valence-corrected chi connectivity index (χ2v) is 8.10. The first-order chi connectivity index (χ1) is 13.5. The zero-order chi connectivity index (χ0) is 19.7. The van der Waals surface area contributed by atoms with Crippen LogP contribution in [0.4, 0.5) is 5.13 Å². The Bertz CT molecular complexity index is 968. The lowest BCUT2D eigenvalue weighted by Gasteiger charge is -2.31. The molecule has 0 unspecified atom stereocenters. The zero-order valence-electron chi connectivity index (χ0n) is 16.4. The summed E-state index contributed by atoms with van der Waals surface area (Å²) in [4.78, 5) is 19.5. The fourth-order valence-corrected chi connectivity index (χ4v) is 4.48. The van der Waals surface area contributed by atoms with Crippen molar-refractivity contribution in [2.24, 2.45) is 7.05 Å². The third kappa shape index (κ3) is 3.82. The average molecular weight is 400 g/mol. The van der Waals surface area contributed by atoms with Crippen molar-refractivity contribution in [2.75, 3.05) is 24.6 Å². The van der Waals surface area contributed by atoms with E-state index in [0.717, 1.165) is 52.7 Å². The summed E-state index contributed by atoms with van der Waals surface area (Å²) in [5.74, 6) is 0.793. The maximum atomic E-state index is 12.4. The minimum absolute atomic E-state index is 0.0920. The first-order valence-electron chi connectivity index (χ1n) is 9.63. The highest BCUT2D eigenvalue weighted by Crippen LogP contribution is 2.32. The van der Waals surface area contributed by atoms with Crippen molar-refractivity contribution in [3.8, 4) is 5.75 Å². The number of ether oxygens (including phenoxy) is 1. The number of carbonyl (C=O) groups excluding carboxylic acids is 1. The van der Waals surface area contributed by atoms with Crippen molar-refractivity contribution in [1.29, 1.82) is 0 Å². The minimum atomic E-state index is -0.0920. The zero-order valence-corrected chi connectivity index (χ0v) is 17.3. The number of carbonyl (C=O) groups is 1. The van der Waals surface area contributed by atoms with Gasteiger partial charge in [0.05, 0.1) is 16.8 Å². The molecule has 1 aromatic carbocycles. The molecule has 1 saturated heterocycles. The second kappa shape index (κ2) is 7.79. The first-order valence-corrected chi connectivity index (χ1v) is 10.4. The highest BCUT2D eigenvalue weighted by atomic mass is 32.1. The van der Waals surface area contributed by atoms with Gasteiger partial charge in [0, 0.05) is 31.9 Å². The summed E-state index contributed by atoms with van der Waals surface area (Å²) < 4.78 is 8.45. The van der Waals surface area contributed by atoms with Crippen LogP contribution >= 0.6 is 11.3 Å². The molecule has 3 aromatic rings. The van der Waals surface area contributed by atoms with Gasteiger partial charge in [-0.2, -0.15) is 5.10 Å². The summed E-state index contributed by atoms with van der Waals surface area (Å²) in [6.07, 6.45) is 1.80. The van der Waals surface area contributed by atoms with Crippen LogP contribution in [0.1, 0.15) is 35.9 Å². The summed E-state index contributed by atoms with van der Waals surface area (Å²) in [6.45, 7) is 6.35. The van der Waals surface area contributed by atoms with Crippen LogP contribution in [0, 0.1) is 6.92 Å². The Kier molecular flexibility index (Phi) is 5.21. The Labute approximate surface area is 168 Å². The number of hydrogen-bond donors (Lipinski definition) is 1. The molecule has 0 saturated carbocycles. The van der Waals surface area contributed by atoms with Gasteiger partial charge in [0.1, 0.15) is 11.4 Å². The van der Waals surface area contributed by atoms with Gasteiger partial charge in [0.25, 0.3) is 5.91 Å². The fraction of sp³-hybridized carbons (Fsp3) is 0.450. The standard InChI is InChI=1S/C20H25N5O2S/c1-4-27-15-5-6-16-18(12-15)28-20(22-16)25-9-7-14(8-10-25)21-19(26)17-11-13(2)24(3)23-17/h5-6,11-12,14H,4,7-10H2,1-3H3,(H,21,26). The maximum Gasteiger partial charge on any atom is 0.272 e. The normalized spacial score (nSPS) is 15.2. The van der Waals surface area contributed by atoms with Gasteiger partial charge >= 0.3 is 0 Å². The van der Waals surface area contributed by atoms with Crippen LogP contribution in [0.25, 0.3) is 10.2 Å². The molecule has 1 N–H and O–H groups in total. The first kappa shape index (κ1) is 18.7. The van der Waals surface area contributed by atoms with E-state index in [1.54, 1.807) is 16.0 Å². The molecule has 2 aromatic heterocycles. The van der Waals surface area contributed by atoms with Gasteiger partial charge in [-0.05, 0) is 51.0 Å². The monoisotopic (exact) mass is 399 g/mol. The maximum absolute atomic E-state index is 12.4. The molecule has 3 heterocycles. The number of amides is 1. The third-order valence-corrected chi connectivity index (χ3v) is 6.19. The van der Waals surface area contributed by atoms with E-state index < -0.39 is 0 Å². The molecule has 1 fully saturated rings. The van der Waals surface area contributed by atoms with Crippen molar-refractivity contribution in [3.63, 3.8) is 0 Å². The number of thiazole rings is 1. The number of benzene rings is 1. The lowest BCUT2D eigenvalue weighted by atomic mass is 10.1. The van der Waals surface area contributed by atoms with Crippen molar-refractivity contribution < 1.29 is 9.53 Å². The molecule has 4 rings (SSSR count). The summed E-state index contributed by atoms with van der Waals surface area (Å²) in [5, 5.41) is 8.42. The molecule has 1 aliphatic rings. The average Bonchev–Trinajstić information content (AvgIpc) is 3.26. The van der Waals surface area contributed by atoms with Crippen LogP contribution in [-0.2, 0) is 7.05 Å². The number of aryl methyl sites for hydroxylation is 2. The van der Waals surface area contributed by atoms with Gasteiger partial charge in [-0.25, -0.2) is 4.98 Å². The SMILES string of the molecule is CCOc1ccc2nc(N3CCC(NC(=O)c4cc(C)n(C)n4)CC3)sc2c1. The van der Waals surface area contributed by atoms with Crippen LogP contribution in [-0.4, -0.2) is 46.4 Å². The highest BCUT2D eigenvalue weighted by molar-refractivity contribution is 7.22. The molecule has 148 valence electrons. The number of piperidine rings is 1.